The first-order valence-electron chi connectivity index (χ1n) is 11.8. The Morgan fingerprint density at radius 1 is 1.06 bits per heavy atom. The van der Waals surface area contributed by atoms with E-state index in [1.807, 2.05) is 45.0 Å². The van der Waals surface area contributed by atoms with Gasteiger partial charge in [0.2, 0.25) is 21.8 Å². The minimum Gasteiger partial charge on any atom is -0.352 e. The second-order valence-corrected chi connectivity index (χ2v) is 11.2. The molecule has 2 aromatic rings. The van der Waals surface area contributed by atoms with Crippen LogP contribution in [0.15, 0.2) is 48.5 Å². The Morgan fingerprint density at radius 2 is 1.69 bits per heavy atom. The van der Waals surface area contributed by atoms with E-state index in [9.17, 15) is 18.0 Å². The normalized spacial score (nSPS) is 13.1. The van der Waals surface area contributed by atoms with Crippen molar-refractivity contribution in [2.45, 2.75) is 65.6 Å². The van der Waals surface area contributed by atoms with Gasteiger partial charge in [-0.15, -0.1) is 0 Å². The van der Waals surface area contributed by atoms with Crippen LogP contribution in [0.2, 0.25) is 5.02 Å². The van der Waals surface area contributed by atoms with Gasteiger partial charge in [0.05, 0.1) is 11.9 Å². The van der Waals surface area contributed by atoms with Crippen molar-refractivity contribution in [2.75, 3.05) is 17.1 Å². The van der Waals surface area contributed by atoms with Gasteiger partial charge in [-0.1, -0.05) is 48.9 Å². The first-order chi connectivity index (χ1) is 16.4. The largest absolute Gasteiger partial charge is 0.352 e. The molecule has 2 amide bonds. The van der Waals surface area contributed by atoms with Gasteiger partial charge in [0.1, 0.15) is 6.04 Å². The minimum atomic E-state index is -3.53. The van der Waals surface area contributed by atoms with Crippen LogP contribution in [0, 0.1) is 6.92 Å². The van der Waals surface area contributed by atoms with Crippen molar-refractivity contribution in [2.24, 2.45) is 0 Å². The van der Waals surface area contributed by atoms with Gasteiger partial charge in [-0.2, -0.15) is 0 Å². The highest BCUT2D eigenvalue weighted by Gasteiger charge is 2.27. The maximum atomic E-state index is 13.3. The number of carbonyl (C=O) groups is 2. The van der Waals surface area contributed by atoms with E-state index in [-0.39, 0.29) is 37.4 Å². The summed E-state index contributed by atoms with van der Waals surface area (Å²) in [5, 5.41) is 3.53. The zero-order valence-corrected chi connectivity index (χ0v) is 22.7. The Kier molecular flexibility index (Phi) is 10.6. The van der Waals surface area contributed by atoms with Crippen LogP contribution in [0.25, 0.3) is 0 Å². The third-order valence-corrected chi connectivity index (χ3v) is 7.40. The molecule has 0 aliphatic heterocycles. The molecule has 0 fully saturated rings. The van der Waals surface area contributed by atoms with Crippen molar-refractivity contribution in [3.05, 3.63) is 64.7 Å². The number of benzene rings is 2. The van der Waals surface area contributed by atoms with Crippen LogP contribution in [0.5, 0.6) is 0 Å². The smallest absolute Gasteiger partial charge is 0.242 e. The topological polar surface area (TPSA) is 86.8 Å². The molecule has 2 atom stereocenters. The predicted molar refractivity (Wildman–Crippen MR) is 142 cm³/mol. The van der Waals surface area contributed by atoms with Crippen molar-refractivity contribution >= 4 is 39.1 Å². The Labute approximate surface area is 214 Å². The Morgan fingerprint density at radius 3 is 2.26 bits per heavy atom. The molecule has 9 heteroatoms. The van der Waals surface area contributed by atoms with Crippen LogP contribution in [-0.2, 0) is 26.2 Å². The number of halogens is 1. The zero-order chi connectivity index (χ0) is 26.2. The average Bonchev–Trinajstić information content (AvgIpc) is 2.80. The van der Waals surface area contributed by atoms with Crippen LogP contribution < -0.4 is 9.62 Å². The van der Waals surface area contributed by atoms with Gasteiger partial charge >= 0.3 is 0 Å². The van der Waals surface area contributed by atoms with E-state index in [1.54, 1.807) is 36.1 Å². The van der Waals surface area contributed by atoms with Gasteiger partial charge in [0.15, 0.2) is 0 Å². The van der Waals surface area contributed by atoms with E-state index in [4.69, 9.17) is 11.6 Å². The highest BCUT2D eigenvalue weighted by molar-refractivity contribution is 7.92. The molecule has 0 heterocycles. The van der Waals surface area contributed by atoms with Crippen molar-refractivity contribution < 1.29 is 18.0 Å². The van der Waals surface area contributed by atoms with Gasteiger partial charge in [-0.05, 0) is 62.9 Å². The number of amides is 2. The molecule has 7 nitrogen and oxygen atoms in total. The van der Waals surface area contributed by atoms with Crippen LogP contribution in [-0.4, -0.2) is 50.0 Å². The summed E-state index contributed by atoms with van der Waals surface area (Å²) in [7, 11) is -3.53. The monoisotopic (exact) mass is 521 g/mol. The molecule has 0 bridgehead atoms. The number of sulfonamides is 1. The van der Waals surface area contributed by atoms with Crippen LogP contribution in [0.1, 0.15) is 51.2 Å². The van der Waals surface area contributed by atoms with Crippen molar-refractivity contribution in [3.8, 4) is 0 Å². The lowest BCUT2D eigenvalue weighted by Crippen LogP contribution is -2.49. The predicted octanol–water partition coefficient (Wildman–Crippen LogP) is 4.53. The molecular weight excluding hydrogens is 486 g/mol. The van der Waals surface area contributed by atoms with Crippen LogP contribution >= 0.6 is 11.6 Å². The van der Waals surface area contributed by atoms with Gasteiger partial charge in [-0.3, -0.25) is 13.9 Å². The first-order valence-corrected chi connectivity index (χ1v) is 14.0. The molecular formula is C26H36ClN3O4S. The Hall–Kier alpha value is -2.58. The standard InChI is InChI=1S/C26H36ClN3O4S/c1-6-20(3)28-26(32)21(4)29(18-22-13-15-23(27)16-14-22)25(31)12-9-17-30(35(5,33)34)24-11-8-7-10-19(24)2/h7-8,10-11,13-16,20-21H,6,9,12,17-18H2,1-5H3,(H,28,32)/t20-,21-/m0/s1. The number of rotatable bonds is 12. The summed E-state index contributed by atoms with van der Waals surface area (Å²) in [5.74, 6) is -0.440. The second kappa shape index (κ2) is 12.9. The number of nitrogens with zero attached hydrogens (tertiary/aromatic N) is 2. The summed E-state index contributed by atoms with van der Waals surface area (Å²) in [5.41, 5.74) is 2.29. The number of carbonyl (C=O) groups excluding carboxylic acids is 2. The van der Waals surface area contributed by atoms with Gasteiger partial charge < -0.3 is 10.2 Å². The van der Waals surface area contributed by atoms with Crippen LogP contribution in [0.4, 0.5) is 5.69 Å². The van der Waals surface area contributed by atoms with Gasteiger partial charge in [0.25, 0.3) is 0 Å². The average molecular weight is 522 g/mol. The molecule has 0 radical (unpaired) electrons. The van der Waals surface area contributed by atoms with Gasteiger partial charge in [0, 0.05) is 30.6 Å². The third kappa shape index (κ3) is 8.54. The lowest BCUT2D eigenvalue weighted by Gasteiger charge is -2.30. The SMILES string of the molecule is CC[C@H](C)NC(=O)[C@H](C)N(Cc1ccc(Cl)cc1)C(=O)CCCN(c1ccccc1C)S(C)(=O)=O. The lowest BCUT2D eigenvalue weighted by atomic mass is 10.1. The molecule has 2 aromatic carbocycles. The first kappa shape index (κ1) is 28.7. The lowest BCUT2D eigenvalue weighted by molar-refractivity contribution is -0.140. The van der Waals surface area contributed by atoms with E-state index in [1.165, 1.54) is 4.31 Å². The van der Waals surface area contributed by atoms with Crippen molar-refractivity contribution in [1.29, 1.82) is 0 Å². The molecule has 2 rings (SSSR count). The number of hydrogen-bond donors (Lipinski definition) is 1. The summed E-state index contributed by atoms with van der Waals surface area (Å²) in [6, 6.07) is 13.7. The number of para-hydroxylation sites is 1. The van der Waals surface area contributed by atoms with E-state index in [0.29, 0.717) is 17.1 Å². The fourth-order valence-electron chi connectivity index (χ4n) is 3.66. The molecule has 0 aliphatic carbocycles. The highest BCUT2D eigenvalue weighted by atomic mass is 35.5. The summed E-state index contributed by atoms with van der Waals surface area (Å²) in [4.78, 5) is 27.7. The molecule has 0 unspecified atom stereocenters. The number of nitrogens with one attached hydrogen (secondary N) is 1. The quantitative estimate of drug-likeness (QED) is 0.444. The van der Waals surface area contributed by atoms with Crippen molar-refractivity contribution in [1.82, 2.24) is 10.2 Å². The number of aryl methyl sites for hydroxylation is 1. The Bertz CT molecular complexity index is 1110. The van der Waals surface area contributed by atoms with E-state index < -0.39 is 16.1 Å². The van der Waals surface area contributed by atoms with Crippen LogP contribution in [0.3, 0.4) is 0 Å². The van der Waals surface area contributed by atoms with E-state index >= 15 is 0 Å². The molecule has 1 N–H and O–H groups in total. The molecule has 0 saturated heterocycles. The summed E-state index contributed by atoms with van der Waals surface area (Å²) < 4.78 is 26.2. The fourth-order valence-corrected chi connectivity index (χ4v) is 4.81. The maximum Gasteiger partial charge on any atom is 0.242 e. The highest BCUT2D eigenvalue weighted by Crippen LogP contribution is 2.23. The van der Waals surface area contributed by atoms with Gasteiger partial charge in [-0.25, -0.2) is 8.42 Å². The summed E-state index contributed by atoms with van der Waals surface area (Å²) in [6.45, 7) is 7.87. The van der Waals surface area contributed by atoms with E-state index in [2.05, 4.69) is 5.32 Å². The summed E-state index contributed by atoms with van der Waals surface area (Å²) >= 11 is 6.00. The second-order valence-electron chi connectivity index (χ2n) is 8.87. The number of anilines is 1. The van der Waals surface area contributed by atoms with Crippen molar-refractivity contribution in [3.63, 3.8) is 0 Å². The zero-order valence-electron chi connectivity index (χ0n) is 21.1. The third-order valence-electron chi connectivity index (χ3n) is 5.97. The molecule has 0 aromatic heterocycles. The molecule has 0 aliphatic rings. The fraction of sp³-hybridized carbons (Fsp3) is 0.462. The molecule has 0 saturated carbocycles. The molecule has 192 valence electrons. The summed E-state index contributed by atoms with van der Waals surface area (Å²) in [6.07, 6.45) is 2.36. The van der Waals surface area contributed by atoms with E-state index in [0.717, 1.165) is 23.8 Å². The molecule has 0 spiro atoms. The number of hydrogen-bond acceptors (Lipinski definition) is 4. The Balaban J connectivity index is 2.17. The minimum absolute atomic E-state index is 0.00475. The maximum absolute atomic E-state index is 13.3. The molecule has 35 heavy (non-hydrogen) atoms.